The highest BCUT2D eigenvalue weighted by atomic mass is 16.6. The first-order valence-electron chi connectivity index (χ1n) is 12.7. The van der Waals surface area contributed by atoms with Crippen molar-refractivity contribution in [2.45, 2.75) is 123 Å². The number of rotatable bonds is 20. The number of amides is 1. The van der Waals surface area contributed by atoms with Gasteiger partial charge in [0.1, 0.15) is 6.10 Å². The molecule has 0 bridgehead atoms. The summed E-state index contributed by atoms with van der Waals surface area (Å²) in [5, 5.41) is 2.82. The van der Waals surface area contributed by atoms with Crippen LogP contribution in [0.4, 0.5) is 4.79 Å². The Labute approximate surface area is 191 Å². The highest BCUT2D eigenvalue weighted by molar-refractivity contribution is 5.70. The zero-order chi connectivity index (χ0) is 23.3. The van der Waals surface area contributed by atoms with Crippen molar-refractivity contribution in [1.29, 1.82) is 0 Å². The molecular weight excluding hydrogens is 392 g/mol. The summed E-state index contributed by atoms with van der Waals surface area (Å²) in [6, 6.07) is 0. The molecule has 0 aromatic carbocycles. The third-order valence-corrected chi connectivity index (χ3v) is 5.49. The Bertz CT molecular complexity index is 443. The van der Waals surface area contributed by atoms with Gasteiger partial charge in [-0.1, -0.05) is 71.6 Å². The third-order valence-electron chi connectivity index (χ3n) is 5.49. The predicted octanol–water partition coefficient (Wildman–Crippen LogP) is 6.08. The van der Waals surface area contributed by atoms with Gasteiger partial charge in [0.05, 0.1) is 6.10 Å². The lowest BCUT2D eigenvalue weighted by Gasteiger charge is -2.19. The van der Waals surface area contributed by atoms with Crippen molar-refractivity contribution in [2.24, 2.45) is 0 Å². The number of carbonyl (C=O) groups excluding carboxylic acids is 2. The second-order valence-electron chi connectivity index (χ2n) is 8.90. The van der Waals surface area contributed by atoms with E-state index in [2.05, 4.69) is 24.1 Å². The van der Waals surface area contributed by atoms with Gasteiger partial charge < -0.3 is 19.7 Å². The van der Waals surface area contributed by atoms with E-state index in [1.165, 1.54) is 51.4 Å². The van der Waals surface area contributed by atoms with Crippen LogP contribution in [0, 0.1) is 0 Å². The molecule has 0 saturated heterocycles. The van der Waals surface area contributed by atoms with E-state index in [9.17, 15) is 9.59 Å². The van der Waals surface area contributed by atoms with Gasteiger partial charge in [-0.3, -0.25) is 4.79 Å². The maximum atomic E-state index is 12.2. The summed E-state index contributed by atoms with van der Waals surface area (Å²) in [5.41, 5.74) is 0. The van der Waals surface area contributed by atoms with Gasteiger partial charge >= 0.3 is 12.1 Å². The van der Waals surface area contributed by atoms with Gasteiger partial charge in [0.15, 0.2) is 0 Å². The van der Waals surface area contributed by atoms with Crippen LogP contribution in [0.3, 0.4) is 0 Å². The van der Waals surface area contributed by atoms with Gasteiger partial charge in [0.25, 0.3) is 0 Å². The Balaban J connectivity index is 4.17. The number of hydrogen-bond donors (Lipinski definition) is 1. The molecule has 31 heavy (non-hydrogen) atoms. The molecule has 0 heterocycles. The summed E-state index contributed by atoms with van der Waals surface area (Å²) in [7, 11) is 2.02. The van der Waals surface area contributed by atoms with Crippen LogP contribution >= 0.6 is 0 Å². The molecule has 1 atom stereocenters. The molecule has 1 unspecified atom stereocenters. The standard InChI is InChI=1S/C25H50N2O4/c1-6-8-9-10-11-12-13-14-15-16-17-23(18-19-24(28)30-22(3)4)31-25(29)26-20-21-27(5)7-2/h22-23H,6-21H2,1-5H3,(H,26,29). The third kappa shape index (κ3) is 20.4. The number of likely N-dealkylation sites (N-methyl/N-ethyl adjacent to an activating group) is 1. The normalized spacial score (nSPS) is 12.2. The van der Waals surface area contributed by atoms with E-state index >= 15 is 0 Å². The van der Waals surface area contributed by atoms with Crippen LogP contribution in [0.25, 0.3) is 0 Å². The molecule has 0 aromatic rings. The largest absolute Gasteiger partial charge is 0.463 e. The van der Waals surface area contributed by atoms with Crippen LogP contribution in [0.1, 0.15) is 111 Å². The lowest BCUT2D eigenvalue weighted by molar-refractivity contribution is -0.148. The van der Waals surface area contributed by atoms with Crippen LogP contribution in [0.15, 0.2) is 0 Å². The highest BCUT2D eigenvalue weighted by Gasteiger charge is 2.17. The number of unbranched alkanes of at least 4 members (excludes halogenated alkanes) is 9. The summed E-state index contributed by atoms with van der Waals surface area (Å²) in [4.78, 5) is 26.2. The average molecular weight is 443 g/mol. The topological polar surface area (TPSA) is 67.9 Å². The Kier molecular flexibility index (Phi) is 19.7. The van der Waals surface area contributed by atoms with Crippen molar-refractivity contribution >= 4 is 12.1 Å². The SMILES string of the molecule is CCCCCCCCCCCCC(CCC(=O)OC(C)C)OC(=O)NCCN(C)CC. The number of carbonyl (C=O) groups is 2. The Morgan fingerprint density at radius 1 is 0.839 bits per heavy atom. The van der Waals surface area contributed by atoms with Crippen molar-refractivity contribution in [1.82, 2.24) is 10.2 Å². The van der Waals surface area contributed by atoms with E-state index in [0.717, 1.165) is 32.4 Å². The summed E-state index contributed by atoms with van der Waals surface area (Å²) < 4.78 is 10.8. The molecule has 0 aromatic heterocycles. The van der Waals surface area contributed by atoms with Gasteiger partial charge in [-0.25, -0.2) is 4.79 Å². The predicted molar refractivity (Wildman–Crippen MR) is 128 cm³/mol. The van der Waals surface area contributed by atoms with E-state index in [-0.39, 0.29) is 30.7 Å². The molecule has 0 saturated carbocycles. The highest BCUT2D eigenvalue weighted by Crippen LogP contribution is 2.16. The Hall–Kier alpha value is -1.30. The number of esters is 1. The van der Waals surface area contributed by atoms with E-state index in [4.69, 9.17) is 9.47 Å². The van der Waals surface area contributed by atoms with Crippen molar-refractivity contribution in [2.75, 3.05) is 26.7 Å². The van der Waals surface area contributed by atoms with E-state index in [0.29, 0.717) is 13.0 Å². The number of hydrogen-bond acceptors (Lipinski definition) is 5. The zero-order valence-electron chi connectivity index (χ0n) is 21.0. The number of ether oxygens (including phenoxy) is 2. The lowest BCUT2D eigenvalue weighted by atomic mass is 10.0. The van der Waals surface area contributed by atoms with Gasteiger partial charge in [-0.05, 0) is 46.7 Å². The van der Waals surface area contributed by atoms with Crippen molar-refractivity contribution in [3.63, 3.8) is 0 Å². The first kappa shape index (κ1) is 29.7. The van der Waals surface area contributed by atoms with Crippen LogP contribution < -0.4 is 5.32 Å². The van der Waals surface area contributed by atoms with Gasteiger partial charge in [-0.15, -0.1) is 0 Å². The molecule has 0 radical (unpaired) electrons. The fourth-order valence-corrected chi connectivity index (χ4v) is 3.42. The van der Waals surface area contributed by atoms with E-state index < -0.39 is 0 Å². The lowest BCUT2D eigenvalue weighted by Crippen LogP contribution is -2.35. The first-order valence-corrected chi connectivity index (χ1v) is 12.7. The summed E-state index contributed by atoms with van der Waals surface area (Å²) in [5.74, 6) is -0.225. The minimum Gasteiger partial charge on any atom is -0.463 e. The molecule has 0 fully saturated rings. The van der Waals surface area contributed by atoms with Gasteiger partial charge in [0, 0.05) is 19.5 Å². The summed E-state index contributed by atoms with van der Waals surface area (Å²) in [6.07, 6.45) is 13.6. The van der Waals surface area contributed by atoms with Crippen molar-refractivity contribution < 1.29 is 19.1 Å². The number of alkyl carbamates (subject to hydrolysis) is 1. The summed E-state index contributed by atoms with van der Waals surface area (Å²) >= 11 is 0. The maximum absolute atomic E-state index is 12.2. The molecule has 0 spiro atoms. The average Bonchev–Trinajstić information content (AvgIpc) is 2.72. The fourth-order valence-electron chi connectivity index (χ4n) is 3.42. The molecule has 6 nitrogen and oxygen atoms in total. The maximum Gasteiger partial charge on any atom is 0.407 e. The van der Waals surface area contributed by atoms with Crippen LogP contribution in [0.5, 0.6) is 0 Å². The first-order chi connectivity index (χ1) is 14.9. The van der Waals surface area contributed by atoms with E-state index in [1.54, 1.807) is 0 Å². The molecule has 0 rings (SSSR count). The molecule has 1 N–H and O–H groups in total. The van der Waals surface area contributed by atoms with Gasteiger partial charge in [-0.2, -0.15) is 0 Å². The summed E-state index contributed by atoms with van der Waals surface area (Å²) in [6.45, 7) is 10.3. The Morgan fingerprint density at radius 2 is 1.42 bits per heavy atom. The molecular formula is C25H50N2O4. The molecule has 0 aliphatic heterocycles. The number of nitrogens with zero attached hydrogens (tertiary/aromatic N) is 1. The second-order valence-corrected chi connectivity index (χ2v) is 8.90. The fraction of sp³-hybridized carbons (Fsp3) is 0.920. The quantitative estimate of drug-likeness (QED) is 0.183. The molecule has 0 aliphatic rings. The number of nitrogens with one attached hydrogen (secondary N) is 1. The molecule has 0 aliphatic carbocycles. The molecule has 184 valence electrons. The monoisotopic (exact) mass is 442 g/mol. The molecule has 1 amide bonds. The second kappa shape index (κ2) is 20.6. The van der Waals surface area contributed by atoms with E-state index in [1.807, 2.05) is 20.9 Å². The smallest absolute Gasteiger partial charge is 0.407 e. The van der Waals surface area contributed by atoms with Crippen LogP contribution in [-0.2, 0) is 14.3 Å². The van der Waals surface area contributed by atoms with Crippen molar-refractivity contribution in [3.8, 4) is 0 Å². The van der Waals surface area contributed by atoms with Gasteiger partial charge in [0.2, 0.25) is 0 Å². The molecule has 6 heteroatoms. The van der Waals surface area contributed by atoms with Crippen LogP contribution in [0.2, 0.25) is 0 Å². The minimum atomic E-state index is -0.390. The van der Waals surface area contributed by atoms with Crippen molar-refractivity contribution in [3.05, 3.63) is 0 Å². The Morgan fingerprint density at radius 3 is 1.97 bits per heavy atom. The minimum absolute atomic E-state index is 0.118. The van der Waals surface area contributed by atoms with Crippen LogP contribution in [-0.4, -0.2) is 55.9 Å². The zero-order valence-corrected chi connectivity index (χ0v) is 21.0.